The number of nitrogens with zero attached hydrogens (tertiary/aromatic N) is 6. The normalized spacial score (nSPS) is 19.5. The van der Waals surface area contributed by atoms with Gasteiger partial charge >= 0.3 is 5.97 Å². The highest BCUT2D eigenvalue weighted by Crippen LogP contribution is 2.41. The lowest BCUT2D eigenvalue weighted by atomic mass is 9.77. The van der Waals surface area contributed by atoms with Gasteiger partial charge in [0.05, 0.1) is 26.1 Å². The number of hydrogen-bond acceptors (Lipinski definition) is 7. The van der Waals surface area contributed by atoms with Gasteiger partial charge in [0.15, 0.2) is 0 Å². The van der Waals surface area contributed by atoms with Crippen LogP contribution >= 0.6 is 0 Å². The zero-order valence-corrected chi connectivity index (χ0v) is 27.3. The van der Waals surface area contributed by atoms with E-state index in [1.807, 2.05) is 31.5 Å². The summed E-state index contributed by atoms with van der Waals surface area (Å²) >= 11 is 0. The number of likely N-dealkylation sites (tertiary alicyclic amines) is 2. The van der Waals surface area contributed by atoms with Crippen molar-refractivity contribution in [3.63, 3.8) is 0 Å². The van der Waals surface area contributed by atoms with Gasteiger partial charge in [-0.15, -0.1) is 0 Å². The average molecular weight is 616 g/mol. The second-order valence-corrected chi connectivity index (χ2v) is 13.7. The molecule has 3 aliphatic rings. The van der Waals surface area contributed by atoms with E-state index in [1.54, 1.807) is 6.20 Å². The van der Waals surface area contributed by atoms with Crippen molar-refractivity contribution >= 4 is 5.97 Å². The summed E-state index contributed by atoms with van der Waals surface area (Å²) in [5.41, 5.74) is 2.73. The van der Waals surface area contributed by atoms with Crippen LogP contribution in [0.3, 0.4) is 0 Å². The minimum Gasteiger partial charge on any atom is -0.466 e. The quantitative estimate of drug-likeness (QED) is 0.243. The van der Waals surface area contributed by atoms with Crippen molar-refractivity contribution in [2.75, 3.05) is 39.3 Å². The molecule has 1 aliphatic carbocycles. The Morgan fingerprint density at radius 2 is 1.73 bits per heavy atom. The highest BCUT2D eigenvalue weighted by molar-refractivity contribution is 5.72. The molecule has 3 fully saturated rings. The summed E-state index contributed by atoms with van der Waals surface area (Å²) in [6.45, 7) is 11.8. The number of aromatic amines is 1. The first-order valence-corrected chi connectivity index (χ1v) is 17.5. The summed E-state index contributed by atoms with van der Waals surface area (Å²) in [7, 11) is 0. The number of benzene rings is 1. The van der Waals surface area contributed by atoms with Crippen LogP contribution < -0.4 is 0 Å². The number of imidazole rings is 2. The molecule has 1 spiro atoms. The number of esters is 1. The van der Waals surface area contributed by atoms with Gasteiger partial charge < -0.3 is 24.1 Å². The van der Waals surface area contributed by atoms with Crippen molar-refractivity contribution in [2.24, 2.45) is 5.41 Å². The first kappa shape index (κ1) is 32.0. The van der Waals surface area contributed by atoms with E-state index >= 15 is 0 Å². The largest absolute Gasteiger partial charge is 0.466 e. The molecule has 9 nitrogen and oxygen atoms in total. The number of ether oxygens (including phenoxy) is 1. The van der Waals surface area contributed by atoms with E-state index in [0.717, 1.165) is 49.3 Å². The molecule has 4 heterocycles. The molecule has 1 aromatic carbocycles. The number of carbonyl (C=O) groups excluding carboxylic acids is 1. The van der Waals surface area contributed by atoms with E-state index in [0.29, 0.717) is 25.0 Å². The molecule has 2 aliphatic heterocycles. The predicted octanol–water partition coefficient (Wildman–Crippen LogP) is 5.42. The lowest BCUT2D eigenvalue weighted by Gasteiger charge is -2.44. The highest BCUT2D eigenvalue weighted by atomic mass is 16.5. The fourth-order valence-corrected chi connectivity index (χ4v) is 7.96. The van der Waals surface area contributed by atoms with E-state index in [1.165, 1.54) is 89.7 Å². The average Bonchev–Trinajstić information content (AvgIpc) is 3.82. The van der Waals surface area contributed by atoms with Crippen molar-refractivity contribution in [1.82, 2.24) is 34.2 Å². The summed E-state index contributed by atoms with van der Waals surface area (Å²) in [6.07, 6.45) is 20.6. The summed E-state index contributed by atoms with van der Waals surface area (Å²) in [4.78, 5) is 32.4. The molecule has 2 saturated heterocycles. The zero-order chi connectivity index (χ0) is 30.9. The number of piperidine rings is 1. The molecule has 2 aromatic heterocycles. The molecule has 6 rings (SSSR count). The summed E-state index contributed by atoms with van der Waals surface area (Å²) in [5, 5.41) is 0. The number of aryl methyl sites for hydroxylation is 1. The first-order chi connectivity index (χ1) is 22.1. The molecule has 0 bridgehead atoms. The van der Waals surface area contributed by atoms with Crippen molar-refractivity contribution in [2.45, 2.75) is 103 Å². The fourth-order valence-electron chi connectivity index (χ4n) is 7.96. The van der Waals surface area contributed by atoms with Gasteiger partial charge in [0.1, 0.15) is 11.6 Å². The van der Waals surface area contributed by atoms with Crippen LogP contribution in [-0.2, 0) is 42.1 Å². The minimum absolute atomic E-state index is 0.184. The van der Waals surface area contributed by atoms with Gasteiger partial charge in [-0.05, 0) is 88.2 Å². The molecule has 45 heavy (non-hydrogen) atoms. The molecular formula is C36H53N7O2. The summed E-state index contributed by atoms with van der Waals surface area (Å²) in [5.74, 6) is 1.85. The lowest BCUT2D eigenvalue weighted by Crippen LogP contribution is -2.46. The zero-order valence-electron chi connectivity index (χ0n) is 27.3. The number of aromatic nitrogens is 4. The number of carbonyl (C=O) groups is 1. The lowest BCUT2D eigenvalue weighted by molar-refractivity contribution is -0.142. The maximum absolute atomic E-state index is 11.9. The third-order valence-corrected chi connectivity index (χ3v) is 10.5. The predicted molar refractivity (Wildman–Crippen MR) is 176 cm³/mol. The smallest absolute Gasteiger partial charge is 0.310 e. The number of nitrogens with one attached hydrogen (secondary N) is 1. The fraction of sp³-hybridized carbons (Fsp3) is 0.639. The van der Waals surface area contributed by atoms with E-state index < -0.39 is 0 Å². The Morgan fingerprint density at radius 3 is 2.49 bits per heavy atom. The number of rotatable bonds is 14. The maximum atomic E-state index is 11.9. The van der Waals surface area contributed by atoms with Gasteiger partial charge in [-0.1, -0.05) is 43.5 Å². The van der Waals surface area contributed by atoms with Crippen LogP contribution in [0, 0.1) is 5.41 Å². The molecule has 0 radical (unpaired) electrons. The molecule has 3 aromatic rings. The van der Waals surface area contributed by atoms with Crippen LogP contribution in [0.25, 0.3) is 0 Å². The Bertz CT molecular complexity index is 1310. The van der Waals surface area contributed by atoms with Crippen LogP contribution in [0.4, 0.5) is 0 Å². The SMILES string of the molecule is CCOC(=O)Cc1ccc(CN(Cc2ncc[nH]2)Cc2nccn2CCCN2CCC3(CCN(C4CCCCC4)CC3)C2)cc1. The Hall–Kier alpha value is -3.01. The molecule has 0 unspecified atom stereocenters. The summed E-state index contributed by atoms with van der Waals surface area (Å²) in [6, 6.07) is 9.15. The van der Waals surface area contributed by atoms with Gasteiger partial charge in [0, 0.05) is 50.5 Å². The van der Waals surface area contributed by atoms with E-state index in [9.17, 15) is 4.79 Å². The third-order valence-electron chi connectivity index (χ3n) is 10.5. The van der Waals surface area contributed by atoms with Crippen LogP contribution in [0.5, 0.6) is 0 Å². The van der Waals surface area contributed by atoms with Crippen molar-refractivity contribution in [3.8, 4) is 0 Å². The first-order valence-electron chi connectivity index (χ1n) is 17.5. The Labute approximate surface area is 269 Å². The number of H-pyrrole nitrogens is 1. The molecule has 9 heteroatoms. The highest BCUT2D eigenvalue weighted by Gasteiger charge is 2.41. The molecule has 1 saturated carbocycles. The maximum Gasteiger partial charge on any atom is 0.310 e. The van der Waals surface area contributed by atoms with Crippen molar-refractivity contribution in [1.29, 1.82) is 0 Å². The van der Waals surface area contributed by atoms with E-state index in [-0.39, 0.29) is 5.97 Å². The van der Waals surface area contributed by atoms with Crippen LogP contribution in [0.2, 0.25) is 0 Å². The third kappa shape index (κ3) is 8.83. The summed E-state index contributed by atoms with van der Waals surface area (Å²) < 4.78 is 7.44. The van der Waals surface area contributed by atoms with Gasteiger partial charge in [-0.2, -0.15) is 0 Å². The topological polar surface area (TPSA) is 82.5 Å². The second kappa shape index (κ2) is 15.5. The Morgan fingerprint density at radius 1 is 0.956 bits per heavy atom. The Balaban J connectivity index is 0.989. The van der Waals surface area contributed by atoms with Crippen molar-refractivity contribution < 1.29 is 9.53 Å². The Kier molecular flexibility index (Phi) is 11.0. The molecule has 1 N–H and O–H groups in total. The van der Waals surface area contributed by atoms with Crippen LogP contribution in [0.1, 0.15) is 87.5 Å². The van der Waals surface area contributed by atoms with E-state index in [4.69, 9.17) is 9.72 Å². The number of hydrogen-bond donors (Lipinski definition) is 1. The monoisotopic (exact) mass is 615 g/mol. The second-order valence-electron chi connectivity index (χ2n) is 13.7. The van der Waals surface area contributed by atoms with Gasteiger partial charge in [0.25, 0.3) is 0 Å². The molecule has 0 atom stereocenters. The standard InChI is InChI=1S/C36H53N7O2/c1-2-45-35(44)25-30-9-11-31(12-10-30)26-41(27-33-37-16-17-38-33)28-34-39-18-24-43(34)20-6-19-40-21-13-36(29-40)14-22-42(23-15-36)32-7-4-3-5-8-32/h9-12,16-18,24,32H,2-8,13-15,19-23,25-29H2,1H3,(H,37,38). The minimum atomic E-state index is -0.184. The van der Waals surface area contributed by atoms with Crippen LogP contribution in [0.15, 0.2) is 49.1 Å². The van der Waals surface area contributed by atoms with Gasteiger partial charge in [-0.3, -0.25) is 9.69 Å². The van der Waals surface area contributed by atoms with Gasteiger partial charge in [0.2, 0.25) is 0 Å². The molecular weight excluding hydrogens is 562 g/mol. The van der Waals surface area contributed by atoms with Crippen LogP contribution in [-0.4, -0.2) is 85.6 Å². The molecule has 0 amide bonds. The van der Waals surface area contributed by atoms with Gasteiger partial charge in [-0.25, -0.2) is 9.97 Å². The van der Waals surface area contributed by atoms with E-state index in [2.05, 4.69) is 47.6 Å². The molecule has 244 valence electrons. The van der Waals surface area contributed by atoms with Crippen molar-refractivity contribution in [3.05, 3.63) is 71.8 Å².